The molecule has 3 aromatic carbocycles. The molecule has 1 N–H and O–H groups in total. The van der Waals surface area contributed by atoms with E-state index in [2.05, 4.69) is 46.6 Å². The Morgan fingerprint density at radius 3 is 2.61 bits per heavy atom. The molecule has 1 amide bonds. The van der Waals surface area contributed by atoms with E-state index in [0.29, 0.717) is 18.0 Å². The number of rotatable bonds is 6. The van der Waals surface area contributed by atoms with Crippen molar-refractivity contribution in [3.8, 4) is 5.75 Å². The highest BCUT2D eigenvalue weighted by atomic mass is 32.2. The van der Waals surface area contributed by atoms with E-state index < -0.39 is 16.1 Å². The SMILES string of the molecule is Cc1ccc2c(c1)N(S(C)(=O)=O)CC(C(=O)NCc1cccc(CN3CCc4ccccc4C3)c1)O2. The second kappa shape index (κ2) is 9.95. The molecule has 0 bridgehead atoms. The molecule has 5 rings (SSSR count). The number of aryl methyl sites for hydroxylation is 1. The molecule has 1 atom stereocenters. The number of carbonyl (C=O) groups is 1. The van der Waals surface area contributed by atoms with Crippen molar-refractivity contribution in [3.63, 3.8) is 0 Å². The lowest BCUT2D eigenvalue weighted by molar-refractivity contribution is -0.127. The molecule has 0 aliphatic carbocycles. The Hall–Kier alpha value is -3.36. The van der Waals surface area contributed by atoms with Gasteiger partial charge >= 0.3 is 0 Å². The van der Waals surface area contributed by atoms with E-state index in [1.165, 1.54) is 21.0 Å². The molecule has 7 nitrogen and oxygen atoms in total. The first kappa shape index (κ1) is 24.3. The van der Waals surface area contributed by atoms with Crippen LogP contribution in [0.1, 0.15) is 27.8 Å². The smallest absolute Gasteiger partial charge is 0.263 e. The van der Waals surface area contributed by atoms with Crippen LogP contribution in [0.3, 0.4) is 0 Å². The second-order valence-electron chi connectivity index (χ2n) is 9.64. The Kier molecular flexibility index (Phi) is 6.73. The molecule has 0 spiro atoms. The Morgan fingerprint density at radius 1 is 1.03 bits per heavy atom. The molecular formula is C28H31N3O4S. The highest BCUT2D eigenvalue weighted by Crippen LogP contribution is 2.35. The number of nitrogens with zero attached hydrogens (tertiary/aromatic N) is 2. The Labute approximate surface area is 212 Å². The summed E-state index contributed by atoms with van der Waals surface area (Å²) >= 11 is 0. The van der Waals surface area contributed by atoms with Crippen molar-refractivity contribution < 1.29 is 17.9 Å². The lowest BCUT2D eigenvalue weighted by Crippen LogP contribution is -2.50. The lowest BCUT2D eigenvalue weighted by atomic mass is 9.99. The first-order valence-electron chi connectivity index (χ1n) is 12.2. The van der Waals surface area contributed by atoms with Gasteiger partial charge in [-0.2, -0.15) is 0 Å². The molecular weight excluding hydrogens is 474 g/mol. The highest BCUT2D eigenvalue weighted by Gasteiger charge is 2.35. The van der Waals surface area contributed by atoms with Crippen LogP contribution in [0.4, 0.5) is 5.69 Å². The number of fused-ring (bicyclic) bond motifs is 2. The van der Waals surface area contributed by atoms with Gasteiger partial charge in [0.25, 0.3) is 5.91 Å². The molecule has 0 saturated heterocycles. The number of hydrogen-bond acceptors (Lipinski definition) is 5. The van der Waals surface area contributed by atoms with Crippen molar-refractivity contribution >= 4 is 21.6 Å². The van der Waals surface area contributed by atoms with Crippen molar-refractivity contribution in [3.05, 3.63) is 94.5 Å². The largest absolute Gasteiger partial charge is 0.476 e. The van der Waals surface area contributed by atoms with Crippen molar-refractivity contribution in [1.82, 2.24) is 10.2 Å². The van der Waals surface area contributed by atoms with Gasteiger partial charge in [0, 0.05) is 26.2 Å². The number of amides is 1. The number of anilines is 1. The van der Waals surface area contributed by atoms with E-state index in [-0.39, 0.29) is 12.5 Å². The van der Waals surface area contributed by atoms with E-state index in [1.807, 2.05) is 25.1 Å². The number of sulfonamides is 1. The van der Waals surface area contributed by atoms with Crippen LogP contribution in [0.15, 0.2) is 66.7 Å². The van der Waals surface area contributed by atoms with Crippen LogP contribution in [0, 0.1) is 6.92 Å². The molecule has 2 heterocycles. The molecule has 0 saturated carbocycles. The summed E-state index contributed by atoms with van der Waals surface area (Å²) in [6, 6.07) is 22.1. The van der Waals surface area contributed by atoms with Crippen LogP contribution in [0.2, 0.25) is 0 Å². The summed E-state index contributed by atoms with van der Waals surface area (Å²) in [6.07, 6.45) is 1.28. The molecule has 2 aliphatic rings. The fourth-order valence-corrected chi connectivity index (χ4v) is 5.81. The number of hydrogen-bond donors (Lipinski definition) is 1. The fourth-order valence-electron chi connectivity index (χ4n) is 4.90. The molecule has 8 heteroatoms. The summed E-state index contributed by atoms with van der Waals surface area (Å²) in [5.41, 5.74) is 6.40. The predicted octanol–water partition coefficient (Wildman–Crippen LogP) is 3.40. The Morgan fingerprint density at radius 2 is 1.81 bits per heavy atom. The summed E-state index contributed by atoms with van der Waals surface area (Å²) in [5, 5.41) is 2.93. The van der Waals surface area contributed by atoms with Crippen LogP contribution in [-0.4, -0.2) is 44.7 Å². The third kappa shape index (κ3) is 5.39. The van der Waals surface area contributed by atoms with Crippen LogP contribution in [0.5, 0.6) is 5.75 Å². The molecule has 188 valence electrons. The Balaban J connectivity index is 1.22. The van der Waals surface area contributed by atoms with Crippen LogP contribution < -0.4 is 14.4 Å². The second-order valence-corrected chi connectivity index (χ2v) is 11.5. The van der Waals surface area contributed by atoms with Crippen molar-refractivity contribution in [1.29, 1.82) is 0 Å². The van der Waals surface area contributed by atoms with Gasteiger partial charge in [0.15, 0.2) is 6.10 Å². The third-order valence-corrected chi connectivity index (χ3v) is 7.90. The van der Waals surface area contributed by atoms with Gasteiger partial charge in [-0.15, -0.1) is 0 Å². The maximum Gasteiger partial charge on any atom is 0.263 e. The molecule has 36 heavy (non-hydrogen) atoms. The first-order chi connectivity index (χ1) is 17.3. The van der Waals surface area contributed by atoms with Gasteiger partial charge in [0.2, 0.25) is 10.0 Å². The van der Waals surface area contributed by atoms with E-state index in [9.17, 15) is 13.2 Å². The molecule has 3 aromatic rings. The monoisotopic (exact) mass is 505 g/mol. The quantitative estimate of drug-likeness (QED) is 0.556. The van der Waals surface area contributed by atoms with E-state index in [0.717, 1.165) is 43.4 Å². The fraction of sp³-hybridized carbons (Fsp3) is 0.321. The summed E-state index contributed by atoms with van der Waals surface area (Å²) in [7, 11) is -3.56. The van der Waals surface area contributed by atoms with E-state index in [1.54, 1.807) is 12.1 Å². The zero-order chi connectivity index (χ0) is 25.3. The molecule has 0 fully saturated rings. The molecule has 2 aliphatic heterocycles. The molecule has 1 unspecified atom stereocenters. The van der Waals surface area contributed by atoms with Crippen LogP contribution >= 0.6 is 0 Å². The zero-order valence-electron chi connectivity index (χ0n) is 20.6. The maximum atomic E-state index is 13.0. The van der Waals surface area contributed by atoms with E-state index in [4.69, 9.17) is 4.74 Å². The number of nitrogens with one attached hydrogen (secondary N) is 1. The Bertz CT molecular complexity index is 1390. The van der Waals surface area contributed by atoms with Gasteiger partial charge in [0.1, 0.15) is 5.75 Å². The maximum absolute atomic E-state index is 13.0. The third-order valence-electron chi connectivity index (χ3n) is 6.75. The average molecular weight is 506 g/mol. The summed E-state index contributed by atoms with van der Waals surface area (Å²) in [5.74, 6) is 0.0513. The van der Waals surface area contributed by atoms with Gasteiger partial charge in [-0.1, -0.05) is 54.6 Å². The molecule has 0 aromatic heterocycles. The topological polar surface area (TPSA) is 79.0 Å². The standard InChI is InChI=1S/C28H31N3O4S/c1-20-10-11-26-25(14-20)31(36(2,33)34)19-27(35-26)28(32)29-16-21-6-5-7-22(15-21)17-30-13-12-23-8-3-4-9-24(23)18-30/h3-11,14-15,27H,12-13,16-19H2,1-2H3,(H,29,32). The highest BCUT2D eigenvalue weighted by molar-refractivity contribution is 7.92. The normalized spacial score (nSPS) is 17.6. The van der Waals surface area contributed by atoms with Gasteiger partial charge in [-0.25, -0.2) is 8.42 Å². The number of carbonyl (C=O) groups excluding carboxylic acids is 1. The van der Waals surface area contributed by atoms with Crippen molar-refractivity contribution in [2.24, 2.45) is 0 Å². The zero-order valence-corrected chi connectivity index (χ0v) is 21.4. The predicted molar refractivity (Wildman–Crippen MR) is 140 cm³/mol. The lowest BCUT2D eigenvalue weighted by Gasteiger charge is -2.34. The van der Waals surface area contributed by atoms with Gasteiger partial charge in [-0.3, -0.25) is 14.0 Å². The van der Waals surface area contributed by atoms with Gasteiger partial charge in [0.05, 0.1) is 18.5 Å². The minimum absolute atomic E-state index is 0.0579. The molecule has 0 radical (unpaired) electrons. The number of ether oxygens (including phenoxy) is 1. The van der Waals surface area contributed by atoms with E-state index >= 15 is 0 Å². The first-order valence-corrected chi connectivity index (χ1v) is 14.0. The summed E-state index contributed by atoms with van der Waals surface area (Å²) in [4.78, 5) is 15.4. The van der Waals surface area contributed by atoms with Crippen LogP contribution in [0.25, 0.3) is 0 Å². The average Bonchev–Trinajstić information content (AvgIpc) is 2.86. The minimum Gasteiger partial charge on any atom is -0.476 e. The number of benzene rings is 3. The summed E-state index contributed by atoms with van der Waals surface area (Å²) < 4.78 is 32.0. The van der Waals surface area contributed by atoms with Crippen molar-refractivity contribution in [2.75, 3.05) is 23.7 Å². The van der Waals surface area contributed by atoms with Gasteiger partial charge in [-0.05, 0) is 53.3 Å². The minimum atomic E-state index is -3.56. The van der Waals surface area contributed by atoms with Crippen molar-refractivity contribution in [2.45, 2.75) is 39.1 Å². The van der Waals surface area contributed by atoms with Gasteiger partial charge < -0.3 is 10.1 Å². The summed E-state index contributed by atoms with van der Waals surface area (Å²) in [6.45, 7) is 4.98. The van der Waals surface area contributed by atoms with Crippen LogP contribution in [-0.2, 0) is 40.9 Å².